The molecule has 208 valence electrons. The number of nitrogens with one attached hydrogen (secondary N) is 1. The maximum atomic E-state index is 13.8. The molecular formula is C29H36ClN5O3S. The average molecular weight is 570 g/mol. The Bertz CT molecular complexity index is 1350. The second kappa shape index (κ2) is 12.0. The summed E-state index contributed by atoms with van der Waals surface area (Å²) in [7, 11) is 5.55. The van der Waals surface area contributed by atoms with Crippen molar-refractivity contribution in [1.82, 2.24) is 20.0 Å². The number of nitrogens with zero attached hydrogens (tertiary/aromatic N) is 4. The molecule has 2 amide bonds. The van der Waals surface area contributed by atoms with Crippen LogP contribution < -0.4 is 15.0 Å². The number of hydrogen-bond acceptors (Lipinski definition) is 6. The predicted molar refractivity (Wildman–Crippen MR) is 158 cm³/mol. The molecule has 0 saturated heterocycles. The molecule has 1 atom stereocenters. The number of thioether (sulfide) groups is 1. The molecule has 0 radical (unpaired) electrons. The van der Waals surface area contributed by atoms with Gasteiger partial charge in [-0.25, -0.2) is 4.68 Å². The number of benzene rings is 2. The van der Waals surface area contributed by atoms with E-state index in [1.807, 2.05) is 61.5 Å². The monoisotopic (exact) mass is 569 g/mol. The van der Waals surface area contributed by atoms with Crippen LogP contribution >= 0.6 is 23.4 Å². The minimum atomic E-state index is -0.359. The van der Waals surface area contributed by atoms with Gasteiger partial charge in [0.1, 0.15) is 18.1 Å². The summed E-state index contributed by atoms with van der Waals surface area (Å²) in [5.41, 5.74) is 3.04. The molecule has 2 aromatic carbocycles. The van der Waals surface area contributed by atoms with Gasteiger partial charge < -0.3 is 15.0 Å². The topological polar surface area (TPSA) is 79.7 Å². The van der Waals surface area contributed by atoms with Crippen LogP contribution in [-0.4, -0.2) is 73.1 Å². The largest absolute Gasteiger partial charge is 0.496 e. The third-order valence-electron chi connectivity index (χ3n) is 6.46. The standard InChI is InChI=1S/C29H36ClN5O3S/c1-29(2,3)27-25-26(21-12-7-8-13-22(21)38-6)39-18-24(37)34(17-23(36)31-14-15-33(4)5)28(25)35(32-27)20-11-9-10-19(30)16-20/h7-13,16,26H,14-15,17-18H2,1-6H3,(H,31,36). The first kappa shape index (κ1) is 29.0. The van der Waals surface area contributed by atoms with Crippen LogP contribution in [0.5, 0.6) is 5.75 Å². The van der Waals surface area contributed by atoms with Crippen molar-refractivity contribution in [3.8, 4) is 11.4 Å². The first-order valence-electron chi connectivity index (χ1n) is 12.9. The van der Waals surface area contributed by atoms with E-state index in [0.717, 1.165) is 22.6 Å². The Labute approximate surface area is 239 Å². The number of carbonyl (C=O) groups excluding carboxylic acids is 2. The molecule has 1 unspecified atom stereocenters. The lowest BCUT2D eigenvalue weighted by molar-refractivity contribution is -0.122. The van der Waals surface area contributed by atoms with E-state index in [-0.39, 0.29) is 34.8 Å². The Morgan fingerprint density at radius 3 is 2.62 bits per heavy atom. The minimum absolute atomic E-state index is 0.117. The minimum Gasteiger partial charge on any atom is -0.496 e. The molecule has 1 aliphatic heterocycles. The number of methoxy groups -OCH3 is 1. The van der Waals surface area contributed by atoms with Crippen LogP contribution in [-0.2, 0) is 15.0 Å². The van der Waals surface area contributed by atoms with Gasteiger partial charge in [-0.1, -0.05) is 56.6 Å². The predicted octanol–water partition coefficient (Wildman–Crippen LogP) is 4.68. The normalized spacial score (nSPS) is 15.7. The maximum Gasteiger partial charge on any atom is 0.240 e. The summed E-state index contributed by atoms with van der Waals surface area (Å²) in [5.74, 6) is 1.12. The van der Waals surface area contributed by atoms with E-state index in [1.165, 1.54) is 11.8 Å². The second-order valence-corrected chi connectivity index (χ2v) is 12.3. The number of hydrogen-bond donors (Lipinski definition) is 1. The van der Waals surface area contributed by atoms with Crippen molar-refractivity contribution in [1.29, 1.82) is 0 Å². The molecule has 2 heterocycles. The summed E-state index contributed by atoms with van der Waals surface area (Å²) in [5, 5.41) is 8.35. The summed E-state index contributed by atoms with van der Waals surface area (Å²) >= 11 is 7.92. The molecule has 0 bridgehead atoms. The molecule has 39 heavy (non-hydrogen) atoms. The fourth-order valence-electron chi connectivity index (χ4n) is 4.61. The molecule has 10 heteroatoms. The number of likely N-dealkylation sites (N-methyl/N-ethyl adjacent to an activating group) is 1. The van der Waals surface area contributed by atoms with E-state index in [2.05, 4.69) is 26.1 Å². The highest BCUT2D eigenvalue weighted by molar-refractivity contribution is 8.00. The Hall–Kier alpha value is -3.01. The van der Waals surface area contributed by atoms with Crippen LogP contribution in [0.2, 0.25) is 5.02 Å². The van der Waals surface area contributed by atoms with Crippen LogP contribution in [0.3, 0.4) is 0 Å². The quantitative estimate of drug-likeness (QED) is 0.424. The van der Waals surface area contributed by atoms with Gasteiger partial charge in [-0.3, -0.25) is 14.5 Å². The fraction of sp³-hybridized carbons (Fsp3) is 0.414. The number of para-hydroxylation sites is 1. The van der Waals surface area contributed by atoms with Gasteiger partial charge in [0, 0.05) is 34.7 Å². The van der Waals surface area contributed by atoms with E-state index in [1.54, 1.807) is 22.8 Å². The van der Waals surface area contributed by atoms with Crippen molar-refractivity contribution >= 4 is 41.0 Å². The molecular weight excluding hydrogens is 534 g/mol. The summed E-state index contributed by atoms with van der Waals surface area (Å²) in [6.07, 6.45) is 0. The van der Waals surface area contributed by atoms with E-state index in [0.29, 0.717) is 29.6 Å². The lowest BCUT2D eigenvalue weighted by Crippen LogP contribution is -2.43. The number of fused-ring (bicyclic) bond motifs is 1. The lowest BCUT2D eigenvalue weighted by Gasteiger charge is -2.25. The number of anilines is 1. The van der Waals surface area contributed by atoms with Crippen LogP contribution in [0.25, 0.3) is 5.69 Å². The van der Waals surface area contributed by atoms with Gasteiger partial charge in [-0.05, 0) is 38.4 Å². The second-order valence-electron chi connectivity index (χ2n) is 10.8. The van der Waals surface area contributed by atoms with Crippen molar-refractivity contribution in [2.24, 2.45) is 0 Å². The first-order valence-corrected chi connectivity index (χ1v) is 14.3. The zero-order valence-electron chi connectivity index (χ0n) is 23.3. The van der Waals surface area contributed by atoms with Gasteiger partial charge in [-0.15, -0.1) is 11.8 Å². The number of carbonyl (C=O) groups is 2. The first-order chi connectivity index (χ1) is 18.5. The van der Waals surface area contributed by atoms with Gasteiger partial charge >= 0.3 is 0 Å². The zero-order valence-corrected chi connectivity index (χ0v) is 24.9. The number of ether oxygens (including phenoxy) is 1. The molecule has 0 fully saturated rings. The van der Waals surface area contributed by atoms with Crippen molar-refractivity contribution in [3.05, 3.63) is 70.4 Å². The smallest absolute Gasteiger partial charge is 0.240 e. The summed E-state index contributed by atoms with van der Waals surface area (Å²) in [6.45, 7) is 7.38. The van der Waals surface area contributed by atoms with E-state index >= 15 is 0 Å². The molecule has 0 aliphatic carbocycles. The molecule has 1 N–H and O–H groups in total. The van der Waals surface area contributed by atoms with Gasteiger partial charge in [0.15, 0.2) is 0 Å². The van der Waals surface area contributed by atoms with E-state index < -0.39 is 0 Å². The SMILES string of the molecule is COc1ccccc1C1SCC(=O)N(CC(=O)NCCN(C)C)c2c1c(C(C)(C)C)nn2-c1cccc(Cl)c1. The molecule has 8 nitrogen and oxygen atoms in total. The third kappa shape index (κ3) is 6.42. The van der Waals surface area contributed by atoms with Gasteiger partial charge in [-0.2, -0.15) is 5.10 Å². The summed E-state index contributed by atoms with van der Waals surface area (Å²) < 4.78 is 7.51. The Kier molecular flexibility index (Phi) is 8.93. The van der Waals surface area contributed by atoms with E-state index in [9.17, 15) is 9.59 Å². The van der Waals surface area contributed by atoms with Crippen LogP contribution in [0.4, 0.5) is 5.82 Å². The molecule has 0 saturated carbocycles. The van der Waals surface area contributed by atoms with Gasteiger partial charge in [0.05, 0.1) is 29.5 Å². The number of rotatable bonds is 8. The molecule has 1 aliphatic rings. The number of amides is 2. The maximum absolute atomic E-state index is 13.8. The van der Waals surface area contributed by atoms with E-state index in [4.69, 9.17) is 21.4 Å². The van der Waals surface area contributed by atoms with Crippen LogP contribution in [0.15, 0.2) is 48.5 Å². The van der Waals surface area contributed by atoms with Gasteiger partial charge in [0.25, 0.3) is 0 Å². The number of aromatic nitrogens is 2. The van der Waals surface area contributed by atoms with Crippen molar-refractivity contribution in [2.75, 3.05) is 51.5 Å². The van der Waals surface area contributed by atoms with Crippen LogP contribution in [0.1, 0.15) is 42.8 Å². The average Bonchev–Trinajstić information content (AvgIpc) is 3.22. The van der Waals surface area contributed by atoms with Crippen molar-refractivity contribution in [2.45, 2.75) is 31.4 Å². The fourth-order valence-corrected chi connectivity index (χ4v) is 6.02. The third-order valence-corrected chi connectivity index (χ3v) is 7.93. The highest BCUT2D eigenvalue weighted by Gasteiger charge is 2.40. The Morgan fingerprint density at radius 1 is 1.21 bits per heavy atom. The molecule has 3 aromatic rings. The van der Waals surface area contributed by atoms with Crippen LogP contribution in [0, 0.1) is 0 Å². The molecule has 1 aromatic heterocycles. The Balaban J connectivity index is 1.95. The molecule has 4 rings (SSSR count). The van der Waals surface area contributed by atoms with Crippen molar-refractivity contribution < 1.29 is 14.3 Å². The van der Waals surface area contributed by atoms with Gasteiger partial charge in [0.2, 0.25) is 11.8 Å². The lowest BCUT2D eigenvalue weighted by atomic mass is 9.87. The highest BCUT2D eigenvalue weighted by Crippen LogP contribution is 2.50. The number of halogens is 1. The molecule has 0 spiro atoms. The highest BCUT2D eigenvalue weighted by atomic mass is 35.5. The van der Waals surface area contributed by atoms with Crippen molar-refractivity contribution in [3.63, 3.8) is 0 Å². The summed E-state index contributed by atoms with van der Waals surface area (Å²) in [6, 6.07) is 15.2. The summed E-state index contributed by atoms with van der Waals surface area (Å²) in [4.78, 5) is 30.4. The Morgan fingerprint density at radius 2 is 1.95 bits per heavy atom. The zero-order chi connectivity index (χ0) is 28.3.